The molecule has 0 aromatic carbocycles. The Morgan fingerprint density at radius 1 is 1.56 bits per heavy atom. The summed E-state index contributed by atoms with van der Waals surface area (Å²) < 4.78 is 0. The number of aliphatic carboxylic acids is 1. The van der Waals surface area contributed by atoms with Gasteiger partial charge >= 0.3 is 29.6 Å². The minimum absolute atomic E-state index is 0. The molecule has 3 heterocycles. The van der Waals surface area contributed by atoms with Crippen LogP contribution in [-0.4, -0.2) is 55.8 Å². The molecule has 0 radical (unpaired) electrons. The molecule has 27 heavy (non-hydrogen) atoms. The van der Waals surface area contributed by atoms with E-state index in [2.05, 4.69) is 22.0 Å². The van der Waals surface area contributed by atoms with Gasteiger partial charge in [0.25, 0.3) is 11.8 Å². The van der Waals surface area contributed by atoms with E-state index < -0.39 is 34.9 Å². The Kier molecular flexibility index (Phi) is 6.70. The number of amides is 2. The Morgan fingerprint density at radius 2 is 2.26 bits per heavy atom. The second kappa shape index (κ2) is 8.44. The molecule has 1 saturated heterocycles. The van der Waals surface area contributed by atoms with Gasteiger partial charge in [-0.25, -0.2) is 4.98 Å². The third kappa shape index (κ3) is 3.75. The van der Waals surface area contributed by atoms with Crippen LogP contribution in [0.15, 0.2) is 34.5 Å². The van der Waals surface area contributed by atoms with E-state index in [1.165, 1.54) is 23.2 Å². The van der Waals surface area contributed by atoms with E-state index in [1.807, 2.05) is 0 Å². The second-order valence-electron chi connectivity index (χ2n) is 5.25. The fourth-order valence-corrected chi connectivity index (χ4v) is 4.50. The van der Waals surface area contributed by atoms with Crippen molar-refractivity contribution in [1.82, 2.24) is 15.2 Å². The monoisotopic (exact) mass is 417 g/mol. The van der Waals surface area contributed by atoms with Gasteiger partial charge < -0.3 is 26.2 Å². The molecule has 2 amide bonds. The topological polar surface area (TPSA) is 161 Å². The van der Waals surface area contributed by atoms with Crippen molar-refractivity contribution in [2.24, 2.45) is 5.16 Å². The summed E-state index contributed by atoms with van der Waals surface area (Å²) in [4.78, 5) is 40.9. The zero-order chi connectivity index (χ0) is 19.0. The molecule has 136 valence electrons. The zero-order valence-electron chi connectivity index (χ0n) is 14.0. The van der Waals surface area contributed by atoms with Crippen molar-refractivity contribution in [3.63, 3.8) is 0 Å². The van der Waals surface area contributed by atoms with Gasteiger partial charge in [-0.2, -0.15) is 0 Å². The van der Waals surface area contributed by atoms with E-state index in [9.17, 15) is 19.5 Å². The summed E-state index contributed by atoms with van der Waals surface area (Å²) in [5.74, 6) is -2.62. The van der Waals surface area contributed by atoms with Crippen LogP contribution >= 0.6 is 23.1 Å². The van der Waals surface area contributed by atoms with Gasteiger partial charge in [0.15, 0.2) is 10.8 Å². The molecule has 4 N–H and O–H groups in total. The Hall–Kier alpha value is -1.86. The first kappa shape index (κ1) is 21.4. The maximum absolute atomic E-state index is 12.4. The summed E-state index contributed by atoms with van der Waals surface area (Å²) in [5.41, 5.74) is 5.29. The summed E-state index contributed by atoms with van der Waals surface area (Å²) in [6, 6.07) is -0.971. The van der Waals surface area contributed by atoms with Crippen LogP contribution in [0.25, 0.3) is 0 Å². The number of β-lactam (4-membered cyclic amide) rings is 1. The molecular formula is C14H12N5NaO5S2. The summed E-state index contributed by atoms with van der Waals surface area (Å²) in [7, 11) is 0. The second-order valence-corrected chi connectivity index (χ2v) is 7.24. The SMILES string of the molecule is C=CC1=C(C(=O)[O-])N2C(=O)C(NC(=O)C(=NO)c3csc(N)n3)[C@@H]2SC1.[Na+]. The third-order valence-electron chi connectivity index (χ3n) is 3.80. The number of carbonyl (C=O) groups excluding carboxylic acids is 3. The number of fused-ring (bicyclic) bond motifs is 1. The molecule has 0 aliphatic carbocycles. The number of nitrogens with zero attached hydrogens (tertiary/aromatic N) is 3. The van der Waals surface area contributed by atoms with Crippen LogP contribution in [0.4, 0.5) is 5.13 Å². The van der Waals surface area contributed by atoms with Crippen molar-refractivity contribution >= 4 is 51.7 Å². The summed E-state index contributed by atoms with van der Waals surface area (Å²) in [5, 5.41) is 26.8. The molecule has 3 rings (SSSR count). The molecule has 2 aliphatic rings. The molecule has 1 fully saturated rings. The zero-order valence-corrected chi connectivity index (χ0v) is 17.7. The number of carboxylic acids is 1. The minimum Gasteiger partial charge on any atom is -0.543 e. The number of thioether (sulfide) groups is 1. The smallest absolute Gasteiger partial charge is 0.543 e. The van der Waals surface area contributed by atoms with Crippen LogP contribution < -0.4 is 45.7 Å². The standard InChI is InChI=1S/C14H13N5O5S2.Na/c1-2-5-3-25-12-8(11(21)19(12)9(5)13(22)23)17-10(20)7(18-24)6-4-26-14(15)16-6;/h2,4,8,12,24H,1,3H2,(H2,15,16)(H,17,20)(H,22,23);/q;+1/p-1/t8?,12-;/m0./s1. The van der Waals surface area contributed by atoms with Gasteiger partial charge in [-0.05, 0) is 5.57 Å². The number of aromatic nitrogens is 1. The molecule has 0 saturated carbocycles. The van der Waals surface area contributed by atoms with Crippen LogP contribution in [0.1, 0.15) is 5.69 Å². The van der Waals surface area contributed by atoms with Gasteiger partial charge in [0.1, 0.15) is 17.1 Å². The first-order valence-corrected chi connectivity index (χ1v) is 9.07. The normalized spacial score (nSPS) is 21.7. The predicted octanol–water partition coefficient (Wildman–Crippen LogP) is -4.50. The number of carbonyl (C=O) groups is 3. The molecule has 2 aliphatic heterocycles. The summed E-state index contributed by atoms with van der Waals surface area (Å²) in [6.07, 6.45) is 1.36. The molecule has 10 nitrogen and oxygen atoms in total. The average molecular weight is 417 g/mol. The first-order chi connectivity index (χ1) is 12.4. The number of allylic oxidation sites excluding steroid dienone is 1. The van der Waals surface area contributed by atoms with Crippen molar-refractivity contribution in [3.05, 3.63) is 35.0 Å². The van der Waals surface area contributed by atoms with Crippen molar-refractivity contribution in [3.8, 4) is 0 Å². The minimum atomic E-state index is -1.49. The summed E-state index contributed by atoms with van der Waals surface area (Å²) >= 11 is 2.33. The Morgan fingerprint density at radius 3 is 2.78 bits per heavy atom. The van der Waals surface area contributed by atoms with Crippen LogP contribution in [-0.2, 0) is 14.4 Å². The van der Waals surface area contributed by atoms with Gasteiger partial charge in [-0.1, -0.05) is 17.8 Å². The van der Waals surface area contributed by atoms with E-state index in [0.717, 1.165) is 16.2 Å². The molecule has 1 aromatic rings. The quantitative estimate of drug-likeness (QED) is 0.142. The van der Waals surface area contributed by atoms with E-state index in [1.54, 1.807) is 0 Å². The van der Waals surface area contributed by atoms with Crippen LogP contribution in [0.5, 0.6) is 0 Å². The average Bonchev–Trinajstić information content (AvgIpc) is 3.04. The van der Waals surface area contributed by atoms with Crippen molar-refractivity contribution in [2.45, 2.75) is 11.4 Å². The fraction of sp³-hybridized carbons (Fsp3) is 0.214. The van der Waals surface area contributed by atoms with E-state index in [4.69, 9.17) is 10.9 Å². The number of nitrogens with one attached hydrogen (secondary N) is 1. The number of oxime groups is 1. The van der Waals surface area contributed by atoms with Crippen LogP contribution in [0.3, 0.4) is 0 Å². The fourth-order valence-electron chi connectivity index (χ4n) is 2.61. The number of thiazole rings is 1. The van der Waals surface area contributed by atoms with Gasteiger partial charge in [0, 0.05) is 11.1 Å². The van der Waals surface area contributed by atoms with Crippen molar-refractivity contribution < 1.29 is 54.3 Å². The van der Waals surface area contributed by atoms with Gasteiger partial charge in [-0.3, -0.25) is 14.5 Å². The molecule has 0 bridgehead atoms. The largest absolute Gasteiger partial charge is 1.00 e. The van der Waals surface area contributed by atoms with Gasteiger partial charge in [0.2, 0.25) is 0 Å². The number of nitrogens with two attached hydrogens (primary N) is 1. The van der Waals surface area contributed by atoms with E-state index in [0.29, 0.717) is 11.3 Å². The van der Waals surface area contributed by atoms with Gasteiger partial charge in [0.05, 0.1) is 11.7 Å². The molecule has 13 heteroatoms. The molecule has 0 spiro atoms. The Bertz CT molecular complexity index is 883. The number of anilines is 1. The maximum atomic E-state index is 12.4. The van der Waals surface area contributed by atoms with Crippen molar-refractivity contribution in [2.75, 3.05) is 11.5 Å². The predicted molar refractivity (Wildman–Crippen MR) is 92.1 cm³/mol. The Labute approximate surface area is 183 Å². The van der Waals surface area contributed by atoms with E-state index >= 15 is 0 Å². The molecule has 1 aromatic heterocycles. The van der Waals surface area contributed by atoms with Gasteiger partial charge in [-0.15, -0.1) is 23.1 Å². The number of hydrogen-bond donors (Lipinski definition) is 3. The first-order valence-electron chi connectivity index (χ1n) is 7.15. The molecule has 2 atom stereocenters. The number of nitrogen functional groups attached to an aromatic ring is 1. The van der Waals surface area contributed by atoms with Crippen LogP contribution in [0.2, 0.25) is 0 Å². The maximum Gasteiger partial charge on any atom is 1.00 e. The van der Waals surface area contributed by atoms with Crippen molar-refractivity contribution in [1.29, 1.82) is 0 Å². The summed E-state index contributed by atoms with van der Waals surface area (Å²) in [6.45, 7) is 3.53. The van der Waals surface area contributed by atoms with E-state index in [-0.39, 0.29) is 46.1 Å². The van der Waals surface area contributed by atoms with Crippen LogP contribution in [0, 0.1) is 0 Å². The third-order valence-corrected chi connectivity index (χ3v) is 5.78. The Balaban J connectivity index is 0.00000261. The molecular weight excluding hydrogens is 405 g/mol. The number of hydrogen-bond acceptors (Lipinski definition) is 10. The molecule has 1 unspecified atom stereocenters. The number of carboxylic acid groups (broad SMARTS) is 1. The number of rotatable bonds is 5.